The van der Waals surface area contributed by atoms with Gasteiger partial charge >= 0.3 is 12.2 Å². The van der Waals surface area contributed by atoms with E-state index in [9.17, 15) is 31.1 Å². The number of amidine groups is 1. The molecule has 2 heterocycles. The van der Waals surface area contributed by atoms with Crippen LogP contribution in [-0.4, -0.2) is 42.0 Å². The number of hydrogen-bond acceptors (Lipinski definition) is 6. The van der Waals surface area contributed by atoms with Crippen molar-refractivity contribution < 1.29 is 35.8 Å². The fourth-order valence-corrected chi connectivity index (χ4v) is 5.99. The highest BCUT2D eigenvalue weighted by Crippen LogP contribution is 2.33. The molecule has 1 unspecified atom stereocenters. The number of sulfonamides is 1. The average Bonchev–Trinajstić information content (AvgIpc) is 2.86. The molecule has 208 valence electrons. The Morgan fingerprint density at radius 3 is 2.33 bits per heavy atom. The predicted octanol–water partition coefficient (Wildman–Crippen LogP) is 5.03. The van der Waals surface area contributed by atoms with Gasteiger partial charge < -0.3 is 15.2 Å². The van der Waals surface area contributed by atoms with Crippen LogP contribution in [-0.2, 0) is 27.4 Å². The first-order valence-corrected chi connectivity index (χ1v) is 13.6. The Morgan fingerprint density at radius 2 is 1.77 bits per heavy atom. The molecule has 3 aromatic rings. The monoisotopic (exact) mass is 565 g/mol. The van der Waals surface area contributed by atoms with E-state index in [1.807, 2.05) is 0 Å². The first kappa shape index (κ1) is 28.5. The number of halogens is 4. The van der Waals surface area contributed by atoms with Crippen LogP contribution in [0.1, 0.15) is 43.0 Å². The smallest absolute Gasteiger partial charge is 0.417 e. The molecule has 1 aliphatic heterocycles. The zero-order valence-corrected chi connectivity index (χ0v) is 21.9. The van der Waals surface area contributed by atoms with E-state index in [1.54, 1.807) is 44.2 Å². The Morgan fingerprint density at radius 1 is 1.08 bits per heavy atom. The molecular weight excluding hydrogens is 538 g/mol. The molecular formula is C27H27F4N3O4S. The molecule has 7 nitrogen and oxygen atoms in total. The molecule has 0 saturated heterocycles. The Balaban J connectivity index is 1.52. The van der Waals surface area contributed by atoms with Crippen molar-refractivity contribution in [1.29, 1.82) is 0 Å². The lowest BCUT2D eigenvalue weighted by molar-refractivity contribution is -0.137. The van der Waals surface area contributed by atoms with Crippen molar-refractivity contribution in [2.75, 3.05) is 6.61 Å². The highest BCUT2D eigenvalue weighted by Gasteiger charge is 2.46. The maximum absolute atomic E-state index is 14.4. The van der Waals surface area contributed by atoms with Gasteiger partial charge in [-0.25, -0.2) is 12.8 Å². The van der Waals surface area contributed by atoms with Gasteiger partial charge in [0.15, 0.2) is 0 Å². The molecule has 2 aromatic carbocycles. The van der Waals surface area contributed by atoms with Crippen molar-refractivity contribution >= 4 is 16.0 Å². The number of pyridine rings is 1. The number of nitrogens with one attached hydrogen (secondary N) is 1. The molecule has 39 heavy (non-hydrogen) atoms. The molecule has 0 radical (unpaired) electrons. The summed E-state index contributed by atoms with van der Waals surface area (Å²) in [6, 6.07) is 13.7. The van der Waals surface area contributed by atoms with Crippen LogP contribution < -0.4 is 5.32 Å². The second-order valence-corrected chi connectivity index (χ2v) is 11.4. The Hall–Kier alpha value is -3.51. The lowest BCUT2D eigenvalue weighted by Crippen LogP contribution is -2.53. The molecule has 0 aliphatic carbocycles. The van der Waals surface area contributed by atoms with Crippen LogP contribution >= 0.6 is 0 Å². The Labute approximate surface area is 223 Å². The van der Waals surface area contributed by atoms with Gasteiger partial charge in [-0.15, -0.1) is 4.40 Å². The van der Waals surface area contributed by atoms with Crippen LogP contribution in [0.5, 0.6) is 0 Å². The van der Waals surface area contributed by atoms with Gasteiger partial charge in [0.2, 0.25) is 0 Å². The van der Waals surface area contributed by atoms with Gasteiger partial charge in [0.25, 0.3) is 10.0 Å². The van der Waals surface area contributed by atoms with E-state index in [0.29, 0.717) is 16.8 Å². The summed E-state index contributed by atoms with van der Waals surface area (Å²) in [5, 5.41) is 11.2. The molecule has 12 heteroatoms. The highest BCUT2D eigenvalue weighted by atomic mass is 32.2. The Bertz CT molecular complexity index is 1440. The molecule has 2 atom stereocenters. The van der Waals surface area contributed by atoms with Crippen LogP contribution in [0, 0.1) is 5.82 Å². The summed E-state index contributed by atoms with van der Waals surface area (Å²) in [5.41, 5.74) is -0.281. The number of rotatable bonds is 7. The Kier molecular flexibility index (Phi) is 7.99. The van der Waals surface area contributed by atoms with Crippen LogP contribution in [0.2, 0.25) is 0 Å². The molecule has 0 fully saturated rings. The van der Waals surface area contributed by atoms with Gasteiger partial charge in [-0.05, 0) is 50.5 Å². The largest absolute Gasteiger partial charge is 0.457 e. The minimum Gasteiger partial charge on any atom is -0.457 e. The van der Waals surface area contributed by atoms with Gasteiger partial charge in [0.05, 0.1) is 17.3 Å². The summed E-state index contributed by atoms with van der Waals surface area (Å²) in [4.78, 5) is 3.88. The second-order valence-electron chi connectivity index (χ2n) is 9.67. The molecule has 0 amide bonds. The van der Waals surface area contributed by atoms with Crippen molar-refractivity contribution in [3.05, 3.63) is 89.4 Å². The summed E-state index contributed by atoms with van der Waals surface area (Å²) >= 11 is 0. The third-order valence-corrected chi connectivity index (χ3v) is 8.34. The lowest BCUT2D eigenvalue weighted by Gasteiger charge is -2.38. The van der Waals surface area contributed by atoms with Gasteiger partial charge in [0.1, 0.15) is 16.7 Å². The number of aliphatic hydroxyl groups is 1. The molecule has 1 aromatic heterocycles. The van der Waals surface area contributed by atoms with Crippen molar-refractivity contribution in [2.24, 2.45) is 4.40 Å². The van der Waals surface area contributed by atoms with Crippen LogP contribution in [0.25, 0.3) is 11.3 Å². The summed E-state index contributed by atoms with van der Waals surface area (Å²) < 4.78 is 88.9. The minimum atomic E-state index is -4.48. The summed E-state index contributed by atoms with van der Waals surface area (Å²) in [5.74, 6) is -0.519. The number of nitrogens with zero attached hydrogens (tertiary/aromatic N) is 2. The molecule has 2 N–H and O–H groups in total. The van der Waals surface area contributed by atoms with Crippen molar-refractivity contribution in [3.8, 4) is 11.3 Å². The average molecular weight is 566 g/mol. The third-order valence-electron chi connectivity index (χ3n) is 6.46. The summed E-state index contributed by atoms with van der Waals surface area (Å²) in [7, 11) is -4.09. The summed E-state index contributed by atoms with van der Waals surface area (Å²) in [6.07, 6.45) is -3.57. The topological polar surface area (TPSA) is 101 Å². The fraction of sp³-hybridized carbons (Fsp3) is 0.333. The van der Waals surface area contributed by atoms with Crippen molar-refractivity contribution in [2.45, 2.75) is 49.8 Å². The predicted molar refractivity (Wildman–Crippen MR) is 138 cm³/mol. The number of alkyl halides is 3. The molecule has 4 rings (SSSR count). The zero-order chi connectivity index (χ0) is 28.4. The fourth-order valence-electron chi connectivity index (χ4n) is 4.38. The van der Waals surface area contributed by atoms with Gasteiger partial charge in [-0.3, -0.25) is 4.98 Å². The van der Waals surface area contributed by atoms with Crippen LogP contribution in [0.4, 0.5) is 17.6 Å². The van der Waals surface area contributed by atoms with E-state index in [4.69, 9.17) is 4.74 Å². The van der Waals surface area contributed by atoms with E-state index >= 15 is 0 Å². The van der Waals surface area contributed by atoms with E-state index in [0.717, 1.165) is 12.3 Å². The summed E-state index contributed by atoms with van der Waals surface area (Å²) in [6.45, 7) is 2.93. The van der Waals surface area contributed by atoms with Crippen LogP contribution in [0.15, 0.2) is 71.3 Å². The van der Waals surface area contributed by atoms with E-state index in [2.05, 4.69) is 14.7 Å². The van der Waals surface area contributed by atoms with Crippen LogP contribution in [0.3, 0.4) is 0 Å². The van der Waals surface area contributed by atoms with Crippen molar-refractivity contribution in [1.82, 2.24) is 10.3 Å². The van der Waals surface area contributed by atoms with Crippen molar-refractivity contribution in [3.63, 3.8) is 0 Å². The maximum atomic E-state index is 14.4. The van der Waals surface area contributed by atoms with Gasteiger partial charge in [-0.2, -0.15) is 13.2 Å². The molecule has 1 aliphatic rings. The second kappa shape index (κ2) is 10.9. The minimum absolute atomic E-state index is 0.0558. The normalized spacial score (nSPS) is 19.1. The quantitative estimate of drug-likeness (QED) is 0.390. The standard InChI is InChI=1S/C27H27F4N3O4S/c1-26(2)24(15-17-7-9-18(10-8-17)22-12-11-19(16-32-22)27(29,30)31)39(36,37)34-25(38-26)33-23(13-14-35)20-5-3-4-6-21(20)28/h3-12,16,23-24,35H,13-15H2,1-2H3,(H,33,34)/t23-,24?/m0/s1. The lowest BCUT2D eigenvalue weighted by atomic mass is 9.96. The third kappa shape index (κ3) is 6.56. The number of hydrogen-bond donors (Lipinski definition) is 2. The van der Waals surface area contributed by atoms with E-state index in [-0.39, 0.29) is 31.0 Å². The number of aromatic nitrogens is 1. The molecule has 0 spiro atoms. The first-order chi connectivity index (χ1) is 18.3. The number of aliphatic hydroxyl groups excluding tert-OH is 1. The number of benzene rings is 2. The zero-order valence-electron chi connectivity index (χ0n) is 21.1. The maximum Gasteiger partial charge on any atom is 0.417 e. The highest BCUT2D eigenvalue weighted by molar-refractivity contribution is 7.91. The SMILES string of the molecule is CC1(C)OC(N[C@@H](CCO)c2ccccc2F)=NS(=O)(=O)C1Cc1ccc(-c2ccc(C(F)(F)F)cn2)cc1. The van der Waals surface area contributed by atoms with E-state index in [1.165, 1.54) is 24.3 Å². The first-order valence-electron chi connectivity index (χ1n) is 12.1. The van der Waals surface area contributed by atoms with Gasteiger partial charge in [0, 0.05) is 23.9 Å². The molecule has 0 bridgehead atoms. The number of ether oxygens (including phenoxy) is 1. The molecule has 0 saturated carbocycles. The van der Waals surface area contributed by atoms with E-state index < -0.39 is 44.5 Å². The van der Waals surface area contributed by atoms with Gasteiger partial charge in [-0.1, -0.05) is 42.5 Å².